The van der Waals surface area contributed by atoms with Gasteiger partial charge >= 0.3 is 0 Å². The average molecular weight is 246 g/mol. The van der Waals surface area contributed by atoms with Crippen molar-refractivity contribution < 1.29 is 0 Å². The maximum absolute atomic E-state index is 7.65. The molecule has 3 N–H and O–H groups in total. The van der Waals surface area contributed by atoms with E-state index >= 15 is 0 Å². The highest BCUT2D eigenvalue weighted by molar-refractivity contribution is 6.00. The molecule has 4 nitrogen and oxygen atoms in total. The molecule has 1 heterocycles. The first-order valence-electron chi connectivity index (χ1n) is 6.44. The van der Waals surface area contributed by atoms with Gasteiger partial charge in [0.25, 0.3) is 0 Å². The molecule has 0 saturated carbocycles. The third-order valence-electron chi connectivity index (χ3n) is 3.73. The molecule has 0 aliphatic carbocycles. The molecule has 1 aromatic rings. The van der Waals surface area contributed by atoms with Gasteiger partial charge < -0.3 is 15.5 Å². The lowest BCUT2D eigenvalue weighted by molar-refractivity contribution is 0.249. The van der Waals surface area contributed by atoms with Crippen molar-refractivity contribution in [1.29, 1.82) is 5.41 Å². The van der Waals surface area contributed by atoms with Gasteiger partial charge in [0.05, 0.1) is 0 Å². The van der Waals surface area contributed by atoms with E-state index in [0.717, 1.165) is 24.3 Å². The maximum atomic E-state index is 7.65. The molecule has 0 spiro atoms. The lowest BCUT2D eigenvalue weighted by atomic mass is 10.0. The predicted molar refractivity (Wildman–Crippen MR) is 76.4 cm³/mol. The van der Waals surface area contributed by atoms with E-state index in [-0.39, 0.29) is 5.84 Å². The third kappa shape index (κ3) is 2.64. The van der Waals surface area contributed by atoms with Gasteiger partial charge in [0.15, 0.2) is 0 Å². The molecule has 0 radical (unpaired) electrons. The smallest absolute Gasteiger partial charge is 0.124 e. The Kier molecular flexibility index (Phi) is 3.87. The standard InChI is InChI=1S/C14H22N4/c1-17(2)11-7-9-18(10-8-11)13-6-4-3-5-12(13)14(15)16/h3-6,11H,7-10H2,1-2H3,(H3,15,16). The monoisotopic (exact) mass is 246 g/mol. The van der Waals surface area contributed by atoms with Crippen molar-refractivity contribution in [2.24, 2.45) is 5.73 Å². The molecule has 2 rings (SSSR count). The molecule has 0 unspecified atom stereocenters. The van der Waals surface area contributed by atoms with Crippen LogP contribution in [0.5, 0.6) is 0 Å². The van der Waals surface area contributed by atoms with Crippen LogP contribution in [0.4, 0.5) is 5.69 Å². The summed E-state index contributed by atoms with van der Waals surface area (Å²) in [6.45, 7) is 2.07. The number of rotatable bonds is 3. The van der Waals surface area contributed by atoms with Crippen LogP contribution in [0.3, 0.4) is 0 Å². The Balaban J connectivity index is 2.12. The first-order valence-corrected chi connectivity index (χ1v) is 6.44. The Morgan fingerprint density at radius 3 is 2.44 bits per heavy atom. The highest BCUT2D eigenvalue weighted by Gasteiger charge is 2.22. The van der Waals surface area contributed by atoms with E-state index in [9.17, 15) is 0 Å². The average Bonchev–Trinajstić information content (AvgIpc) is 2.39. The van der Waals surface area contributed by atoms with Crippen LogP contribution in [0.25, 0.3) is 0 Å². The molecule has 1 aliphatic heterocycles. The molecule has 0 atom stereocenters. The quantitative estimate of drug-likeness (QED) is 0.628. The van der Waals surface area contributed by atoms with Gasteiger partial charge in [0, 0.05) is 30.4 Å². The van der Waals surface area contributed by atoms with Crippen molar-refractivity contribution in [3.63, 3.8) is 0 Å². The van der Waals surface area contributed by atoms with Crippen molar-refractivity contribution in [3.05, 3.63) is 29.8 Å². The second-order valence-electron chi connectivity index (χ2n) is 5.11. The lowest BCUT2D eigenvalue weighted by Gasteiger charge is -2.37. The number of hydrogen-bond donors (Lipinski definition) is 2. The van der Waals surface area contributed by atoms with E-state index in [2.05, 4.69) is 30.0 Å². The van der Waals surface area contributed by atoms with Crippen LogP contribution in [-0.4, -0.2) is 44.0 Å². The molecule has 1 aromatic carbocycles. The molecule has 18 heavy (non-hydrogen) atoms. The molecule has 1 saturated heterocycles. The molecule has 0 aromatic heterocycles. The number of para-hydroxylation sites is 1. The maximum Gasteiger partial charge on any atom is 0.124 e. The van der Waals surface area contributed by atoms with E-state index in [1.807, 2.05) is 18.2 Å². The second-order valence-corrected chi connectivity index (χ2v) is 5.11. The Bertz CT molecular complexity index is 420. The summed E-state index contributed by atoms with van der Waals surface area (Å²) in [5.74, 6) is 0.153. The zero-order valence-corrected chi connectivity index (χ0v) is 11.2. The van der Waals surface area contributed by atoms with Crippen molar-refractivity contribution >= 4 is 11.5 Å². The van der Waals surface area contributed by atoms with E-state index in [1.54, 1.807) is 0 Å². The minimum atomic E-state index is 0.153. The molecule has 0 bridgehead atoms. The number of hydrogen-bond acceptors (Lipinski definition) is 3. The second kappa shape index (κ2) is 5.40. The van der Waals surface area contributed by atoms with Crippen LogP contribution < -0.4 is 10.6 Å². The zero-order valence-electron chi connectivity index (χ0n) is 11.2. The van der Waals surface area contributed by atoms with Crippen molar-refractivity contribution in [1.82, 2.24) is 4.90 Å². The number of nitrogens with zero attached hydrogens (tertiary/aromatic N) is 2. The molecular formula is C14H22N4. The topological polar surface area (TPSA) is 56.4 Å². The Labute approximate surface area is 109 Å². The number of nitrogen functional groups attached to an aromatic ring is 1. The highest BCUT2D eigenvalue weighted by Crippen LogP contribution is 2.24. The Hall–Kier alpha value is -1.55. The SMILES string of the molecule is CN(C)C1CCN(c2ccccc2C(=N)N)CC1. The predicted octanol–water partition coefficient (Wildman–Crippen LogP) is 1.50. The van der Waals surface area contributed by atoms with Gasteiger partial charge in [-0.25, -0.2) is 0 Å². The number of benzene rings is 1. The number of amidine groups is 1. The first-order chi connectivity index (χ1) is 8.59. The normalized spacial score (nSPS) is 17.2. The molecule has 0 amide bonds. The third-order valence-corrected chi connectivity index (χ3v) is 3.73. The van der Waals surface area contributed by atoms with Crippen LogP contribution >= 0.6 is 0 Å². The van der Waals surface area contributed by atoms with Gasteiger partial charge in [-0.15, -0.1) is 0 Å². The number of nitrogens with one attached hydrogen (secondary N) is 1. The highest BCUT2D eigenvalue weighted by atomic mass is 15.2. The van der Waals surface area contributed by atoms with Gasteiger partial charge in [-0.2, -0.15) is 0 Å². The van der Waals surface area contributed by atoms with Gasteiger partial charge in [0.1, 0.15) is 5.84 Å². The first kappa shape index (κ1) is 12.9. The summed E-state index contributed by atoms with van der Waals surface area (Å²) >= 11 is 0. The van der Waals surface area contributed by atoms with Crippen molar-refractivity contribution in [2.45, 2.75) is 18.9 Å². The van der Waals surface area contributed by atoms with Crippen LogP contribution in [0.1, 0.15) is 18.4 Å². The lowest BCUT2D eigenvalue weighted by Crippen LogP contribution is -2.42. The summed E-state index contributed by atoms with van der Waals surface area (Å²) in [4.78, 5) is 4.64. The Morgan fingerprint density at radius 1 is 1.28 bits per heavy atom. The van der Waals surface area contributed by atoms with Gasteiger partial charge in [-0.3, -0.25) is 5.41 Å². The van der Waals surface area contributed by atoms with Crippen LogP contribution in [0, 0.1) is 5.41 Å². The van der Waals surface area contributed by atoms with Crippen molar-refractivity contribution in [2.75, 3.05) is 32.1 Å². The van der Waals surface area contributed by atoms with Gasteiger partial charge in [-0.1, -0.05) is 12.1 Å². The summed E-state index contributed by atoms with van der Waals surface area (Å²) in [5, 5.41) is 7.65. The number of nitrogens with two attached hydrogens (primary N) is 1. The fourth-order valence-corrected chi connectivity index (χ4v) is 2.60. The number of piperidine rings is 1. The van der Waals surface area contributed by atoms with Crippen LogP contribution in [-0.2, 0) is 0 Å². The van der Waals surface area contributed by atoms with Gasteiger partial charge in [-0.05, 0) is 39.1 Å². The van der Waals surface area contributed by atoms with E-state index in [1.165, 1.54) is 12.8 Å². The summed E-state index contributed by atoms with van der Waals surface area (Å²) in [7, 11) is 4.29. The molecule has 1 fully saturated rings. The fraction of sp³-hybridized carbons (Fsp3) is 0.500. The molecular weight excluding hydrogens is 224 g/mol. The largest absolute Gasteiger partial charge is 0.384 e. The molecule has 4 heteroatoms. The minimum Gasteiger partial charge on any atom is -0.384 e. The summed E-state index contributed by atoms with van der Waals surface area (Å²) in [5.41, 5.74) is 7.59. The minimum absolute atomic E-state index is 0.153. The molecule has 1 aliphatic rings. The summed E-state index contributed by atoms with van der Waals surface area (Å²) in [6.07, 6.45) is 2.33. The summed E-state index contributed by atoms with van der Waals surface area (Å²) < 4.78 is 0. The van der Waals surface area contributed by atoms with Crippen molar-refractivity contribution in [3.8, 4) is 0 Å². The molecule has 98 valence electrons. The van der Waals surface area contributed by atoms with Crippen LogP contribution in [0.15, 0.2) is 24.3 Å². The fourth-order valence-electron chi connectivity index (χ4n) is 2.60. The van der Waals surface area contributed by atoms with E-state index in [4.69, 9.17) is 11.1 Å². The Morgan fingerprint density at radius 2 is 1.89 bits per heavy atom. The number of anilines is 1. The summed E-state index contributed by atoms with van der Waals surface area (Å²) in [6, 6.07) is 8.61. The van der Waals surface area contributed by atoms with E-state index in [0.29, 0.717) is 6.04 Å². The van der Waals surface area contributed by atoms with E-state index < -0.39 is 0 Å². The van der Waals surface area contributed by atoms with Gasteiger partial charge in [0.2, 0.25) is 0 Å². The zero-order chi connectivity index (χ0) is 13.1. The van der Waals surface area contributed by atoms with Crippen LogP contribution in [0.2, 0.25) is 0 Å².